The summed E-state index contributed by atoms with van der Waals surface area (Å²) >= 11 is 0. The van der Waals surface area contributed by atoms with Crippen LogP contribution in [-0.2, 0) is 0 Å². The molecule has 0 fully saturated rings. The van der Waals surface area contributed by atoms with Crippen LogP contribution in [-0.4, -0.2) is 15.8 Å². The molecule has 0 saturated heterocycles. The maximum Gasteiger partial charge on any atom is 0.200 e. The van der Waals surface area contributed by atoms with Gasteiger partial charge in [0.2, 0.25) is 0 Å². The Bertz CT molecular complexity index is 317. The van der Waals surface area contributed by atoms with Crippen molar-refractivity contribution < 1.29 is 4.79 Å². The number of carbonyl (C=O) groups excluding carboxylic acids is 1. The van der Waals surface area contributed by atoms with Crippen molar-refractivity contribution in [1.82, 2.24) is 9.97 Å². The Morgan fingerprint density at radius 3 is 2.47 bits per heavy atom. The van der Waals surface area contributed by atoms with E-state index in [1.54, 1.807) is 12.4 Å². The lowest BCUT2D eigenvalue weighted by atomic mass is 10.0. The highest BCUT2D eigenvalue weighted by molar-refractivity contribution is 5.92. The smallest absolute Gasteiger partial charge is 0.200 e. The third kappa shape index (κ3) is 4.19. The van der Waals surface area contributed by atoms with Gasteiger partial charge in [-0.05, 0) is 24.8 Å². The molecule has 0 unspecified atom stereocenters. The minimum atomic E-state index is 0.0515. The number of Topliss-reactive ketones (excluding diaryl/α,β-unsaturated/α-hetero) is 1. The number of carbonyl (C=O) groups is 1. The van der Waals surface area contributed by atoms with Crippen LogP contribution in [0.4, 0.5) is 0 Å². The van der Waals surface area contributed by atoms with Gasteiger partial charge < -0.3 is 0 Å². The zero-order valence-corrected chi connectivity index (χ0v) is 9.66. The third-order valence-electron chi connectivity index (χ3n) is 2.22. The molecule has 1 aromatic rings. The zero-order valence-electron chi connectivity index (χ0n) is 9.66. The molecule has 0 aliphatic rings. The number of aryl methyl sites for hydroxylation is 1. The van der Waals surface area contributed by atoms with E-state index in [2.05, 4.69) is 23.8 Å². The molecule has 0 amide bonds. The van der Waals surface area contributed by atoms with E-state index in [9.17, 15) is 4.79 Å². The molecule has 0 aliphatic carbocycles. The molecule has 0 N–H and O–H groups in total. The number of ketones is 1. The van der Waals surface area contributed by atoms with Gasteiger partial charge >= 0.3 is 0 Å². The van der Waals surface area contributed by atoms with Crippen LogP contribution >= 0.6 is 0 Å². The van der Waals surface area contributed by atoms with E-state index >= 15 is 0 Å². The first-order chi connectivity index (χ1) is 7.09. The Morgan fingerprint density at radius 2 is 1.93 bits per heavy atom. The average Bonchev–Trinajstić information content (AvgIpc) is 2.18. The summed E-state index contributed by atoms with van der Waals surface area (Å²) in [6, 6.07) is 0. The molecule has 1 aromatic heterocycles. The van der Waals surface area contributed by atoms with Crippen molar-refractivity contribution >= 4 is 5.78 Å². The molecule has 0 aromatic carbocycles. The standard InChI is InChI=1S/C12H18N2O/c1-9(2)5-4-6-11(15)12-13-7-10(3)8-14-12/h7-9H,4-6H2,1-3H3. The Morgan fingerprint density at radius 1 is 1.33 bits per heavy atom. The highest BCUT2D eigenvalue weighted by Gasteiger charge is 2.08. The summed E-state index contributed by atoms with van der Waals surface area (Å²) < 4.78 is 0. The van der Waals surface area contributed by atoms with Gasteiger partial charge in [-0.2, -0.15) is 0 Å². The van der Waals surface area contributed by atoms with Gasteiger partial charge in [0.1, 0.15) is 0 Å². The van der Waals surface area contributed by atoms with Crippen LogP contribution in [0.2, 0.25) is 0 Å². The molecule has 0 spiro atoms. The van der Waals surface area contributed by atoms with E-state index in [4.69, 9.17) is 0 Å². The van der Waals surface area contributed by atoms with E-state index in [0.717, 1.165) is 18.4 Å². The lowest BCUT2D eigenvalue weighted by Gasteiger charge is -2.03. The van der Waals surface area contributed by atoms with Gasteiger partial charge in [0.05, 0.1) is 0 Å². The van der Waals surface area contributed by atoms with E-state index in [1.165, 1.54) is 0 Å². The second-order valence-corrected chi connectivity index (χ2v) is 4.29. The van der Waals surface area contributed by atoms with Crippen LogP contribution in [0.5, 0.6) is 0 Å². The van der Waals surface area contributed by atoms with Crippen LogP contribution in [0.25, 0.3) is 0 Å². The molecule has 0 aliphatic heterocycles. The fourth-order valence-electron chi connectivity index (χ4n) is 1.32. The number of nitrogens with zero attached hydrogens (tertiary/aromatic N) is 2. The predicted molar refractivity (Wildman–Crippen MR) is 59.8 cm³/mol. The van der Waals surface area contributed by atoms with E-state index in [1.807, 2.05) is 6.92 Å². The van der Waals surface area contributed by atoms with E-state index in [-0.39, 0.29) is 5.78 Å². The summed E-state index contributed by atoms with van der Waals surface area (Å²) in [5.41, 5.74) is 0.980. The summed E-state index contributed by atoms with van der Waals surface area (Å²) in [6.45, 7) is 6.23. The quantitative estimate of drug-likeness (QED) is 0.696. The van der Waals surface area contributed by atoms with Gasteiger partial charge in [-0.3, -0.25) is 4.79 Å². The van der Waals surface area contributed by atoms with Crippen molar-refractivity contribution in [2.75, 3.05) is 0 Å². The SMILES string of the molecule is Cc1cnc(C(=O)CCCC(C)C)nc1. The lowest BCUT2D eigenvalue weighted by molar-refractivity contribution is 0.0968. The van der Waals surface area contributed by atoms with Crippen LogP contribution in [0.1, 0.15) is 49.3 Å². The summed E-state index contributed by atoms with van der Waals surface area (Å²) in [5.74, 6) is 1.05. The minimum absolute atomic E-state index is 0.0515. The Hall–Kier alpha value is -1.25. The molecule has 3 heteroatoms. The zero-order chi connectivity index (χ0) is 11.3. The first-order valence-electron chi connectivity index (χ1n) is 5.41. The number of hydrogen-bond acceptors (Lipinski definition) is 3. The monoisotopic (exact) mass is 206 g/mol. The molecule has 15 heavy (non-hydrogen) atoms. The molecular weight excluding hydrogens is 188 g/mol. The number of hydrogen-bond donors (Lipinski definition) is 0. The molecule has 0 saturated carbocycles. The highest BCUT2D eigenvalue weighted by Crippen LogP contribution is 2.08. The molecule has 0 radical (unpaired) electrons. The second-order valence-electron chi connectivity index (χ2n) is 4.29. The predicted octanol–water partition coefficient (Wildman–Crippen LogP) is 2.79. The third-order valence-corrected chi connectivity index (χ3v) is 2.22. The van der Waals surface area contributed by atoms with Crippen LogP contribution < -0.4 is 0 Å². The molecule has 1 heterocycles. The summed E-state index contributed by atoms with van der Waals surface area (Å²) in [7, 11) is 0. The summed E-state index contributed by atoms with van der Waals surface area (Å²) in [4.78, 5) is 19.6. The average molecular weight is 206 g/mol. The molecule has 3 nitrogen and oxygen atoms in total. The fourth-order valence-corrected chi connectivity index (χ4v) is 1.32. The molecule has 0 atom stereocenters. The van der Waals surface area contributed by atoms with Gasteiger partial charge in [-0.25, -0.2) is 9.97 Å². The first-order valence-corrected chi connectivity index (χ1v) is 5.41. The largest absolute Gasteiger partial charge is 0.291 e. The van der Waals surface area contributed by atoms with Crippen molar-refractivity contribution in [3.05, 3.63) is 23.8 Å². The first kappa shape index (κ1) is 11.8. The molecule has 0 bridgehead atoms. The van der Waals surface area contributed by atoms with Crippen molar-refractivity contribution in [1.29, 1.82) is 0 Å². The van der Waals surface area contributed by atoms with Gasteiger partial charge in [0.25, 0.3) is 0 Å². The number of aromatic nitrogens is 2. The summed E-state index contributed by atoms with van der Waals surface area (Å²) in [6.07, 6.45) is 5.93. The van der Waals surface area contributed by atoms with Crippen LogP contribution in [0, 0.1) is 12.8 Å². The lowest BCUT2D eigenvalue weighted by Crippen LogP contribution is -2.05. The summed E-state index contributed by atoms with van der Waals surface area (Å²) in [5, 5.41) is 0. The van der Waals surface area contributed by atoms with Gasteiger partial charge in [0.15, 0.2) is 11.6 Å². The maximum atomic E-state index is 11.6. The van der Waals surface area contributed by atoms with Crippen molar-refractivity contribution in [3.63, 3.8) is 0 Å². The van der Waals surface area contributed by atoms with Crippen molar-refractivity contribution in [3.8, 4) is 0 Å². The van der Waals surface area contributed by atoms with Gasteiger partial charge in [-0.15, -0.1) is 0 Å². The minimum Gasteiger partial charge on any atom is -0.291 e. The Kier molecular flexibility index (Phi) is 4.40. The fraction of sp³-hybridized carbons (Fsp3) is 0.583. The van der Waals surface area contributed by atoms with Crippen LogP contribution in [0.15, 0.2) is 12.4 Å². The van der Waals surface area contributed by atoms with E-state index in [0.29, 0.717) is 18.2 Å². The maximum absolute atomic E-state index is 11.6. The highest BCUT2D eigenvalue weighted by atomic mass is 16.1. The molecule has 82 valence electrons. The van der Waals surface area contributed by atoms with Crippen molar-refractivity contribution in [2.45, 2.75) is 40.0 Å². The Balaban J connectivity index is 2.43. The Labute approximate surface area is 91.0 Å². The second kappa shape index (κ2) is 5.59. The molecule has 1 rings (SSSR count). The van der Waals surface area contributed by atoms with Crippen LogP contribution in [0.3, 0.4) is 0 Å². The van der Waals surface area contributed by atoms with Gasteiger partial charge in [0, 0.05) is 18.8 Å². The van der Waals surface area contributed by atoms with Crippen molar-refractivity contribution in [2.24, 2.45) is 5.92 Å². The number of rotatable bonds is 5. The topological polar surface area (TPSA) is 42.9 Å². The normalized spacial score (nSPS) is 10.7. The van der Waals surface area contributed by atoms with E-state index < -0.39 is 0 Å². The molecular formula is C12H18N2O. The van der Waals surface area contributed by atoms with Gasteiger partial charge in [-0.1, -0.05) is 20.3 Å².